The minimum atomic E-state index is -0.747. The van der Waals surface area contributed by atoms with E-state index in [0.717, 1.165) is 18.5 Å². The highest BCUT2D eigenvalue weighted by Gasteiger charge is 2.27. The number of hydrogen-bond donors (Lipinski definition) is 2. The van der Waals surface area contributed by atoms with Gasteiger partial charge < -0.3 is 10.4 Å². The zero-order chi connectivity index (χ0) is 16.1. The van der Waals surface area contributed by atoms with Gasteiger partial charge in [0.25, 0.3) is 0 Å². The van der Waals surface area contributed by atoms with Crippen LogP contribution in [0.1, 0.15) is 23.5 Å². The Morgan fingerprint density at radius 3 is 2.13 bits per heavy atom. The second-order valence-electron chi connectivity index (χ2n) is 5.91. The van der Waals surface area contributed by atoms with E-state index in [2.05, 4.69) is 29.6 Å². The van der Waals surface area contributed by atoms with Crippen LogP contribution in [0, 0.1) is 5.92 Å². The molecule has 1 unspecified atom stereocenters. The lowest BCUT2D eigenvalue weighted by molar-refractivity contribution is -0.140. The van der Waals surface area contributed by atoms with Gasteiger partial charge in [0.1, 0.15) is 0 Å². The van der Waals surface area contributed by atoms with Crippen LogP contribution in [0.25, 0.3) is 0 Å². The predicted molar refractivity (Wildman–Crippen MR) is 91.4 cm³/mol. The number of benzene rings is 2. The van der Waals surface area contributed by atoms with E-state index in [1.165, 1.54) is 11.1 Å². The lowest BCUT2D eigenvalue weighted by Crippen LogP contribution is -2.34. The Kier molecular flexibility index (Phi) is 4.89. The van der Waals surface area contributed by atoms with E-state index >= 15 is 0 Å². The van der Waals surface area contributed by atoms with E-state index < -0.39 is 11.9 Å². The molecule has 0 saturated heterocycles. The van der Waals surface area contributed by atoms with Crippen molar-refractivity contribution in [3.05, 3.63) is 83.4 Å². The van der Waals surface area contributed by atoms with Gasteiger partial charge in [-0.2, -0.15) is 0 Å². The van der Waals surface area contributed by atoms with Gasteiger partial charge in [-0.3, -0.25) is 4.79 Å². The fraction of sp³-hybridized carbons (Fsp3) is 0.250. The summed E-state index contributed by atoms with van der Waals surface area (Å²) in [6, 6.07) is 20.7. The van der Waals surface area contributed by atoms with Crippen LogP contribution in [-0.2, 0) is 4.79 Å². The molecular formula is C20H21NO2. The zero-order valence-electron chi connectivity index (χ0n) is 13.0. The zero-order valence-corrected chi connectivity index (χ0v) is 13.0. The number of hydrogen-bond acceptors (Lipinski definition) is 2. The van der Waals surface area contributed by atoms with Crippen molar-refractivity contribution in [2.45, 2.75) is 12.3 Å². The summed E-state index contributed by atoms with van der Waals surface area (Å²) in [6.45, 7) is 1.26. The largest absolute Gasteiger partial charge is 0.481 e. The molecule has 1 aliphatic heterocycles. The normalized spacial score (nSPS) is 17.8. The van der Waals surface area contributed by atoms with Crippen LogP contribution in [0.15, 0.2) is 72.3 Å². The molecule has 0 spiro atoms. The summed E-state index contributed by atoms with van der Waals surface area (Å²) < 4.78 is 0. The van der Waals surface area contributed by atoms with Crippen LogP contribution in [0.2, 0.25) is 0 Å². The Morgan fingerprint density at radius 1 is 1.04 bits per heavy atom. The third-order valence-corrected chi connectivity index (χ3v) is 4.45. The highest BCUT2D eigenvalue weighted by atomic mass is 16.4. The molecule has 1 aliphatic rings. The molecule has 2 N–H and O–H groups in total. The number of carbonyl (C=O) groups is 1. The molecule has 0 aliphatic carbocycles. The molecule has 0 radical (unpaired) electrons. The van der Waals surface area contributed by atoms with Crippen molar-refractivity contribution < 1.29 is 9.90 Å². The number of aliphatic carboxylic acids is 1. The Hall–Kier alpha value is -2.39. The summed E-state index contributed by atoms with van der Waals surface area (Å²) in [4.78, 5) is 11.5. The molecule has 23 heavy (non-hydrogen) atoms. The summed E-state index contributed by atoms with van der Waals surface area (Å²) in [7, 11) is 0. The van der Waals surface area contributed by atoms with Gasteiger partial charge in [-0.15, -0.1) is 0 Å². The summed E-state index contributed by atoms with van der Waals surface area (Å²) in [5, 5.41) is 12.6. The highest BCUT2D eigenvalue weighted by molar-refractivity contribution is 5.74. The van der Waals surface area contributed by atoms with Crippen molar-refractivity contribution in [2.24, 2.45) is 5.92 Å². The molecule has 0 saturated carbocycles. The molecule has 0 fully saturated rings. The van der Waals surface area contributed by atoms with E-state index in [-0.39, 0.29) is 5.92 Å². The van der Waals surface area contributed by atoms with Gasteiger partial charge in [0.05, 0.1) is 5.92 Å². The quantitative estimate of drug-likeness (QED) is 0.832. The first kappa shape index (κ1) is 15.5. The third kappa shape index (κ3) is 3.69. The SMILES string of the molecule is O=C(O)C1CNCC=C1CC(c1ccccc1)c1ccccc1. The van der Waals surface area contributed by atoms with Gasteiger partial charge in [-0.25, -0.2) is 0 Å². The smallest absolute Gasteiger partial charge is 0.311 e. The van der Waals surface area contributed by atoms with Crippen molar-refractivity contribution in [2.75, 3.05) is 13.1 Å². The Balaban J connectivity index is 1.93. The standard InChI is InChI=1S/C20H21NO2/c22-20(23)19-14-21-12-11-17(19)13-18(15-7-3-1-4-8-15)16-9-5-2-6-10-16/h1-11,18-19,21H,12-14H2,(H,22,23). The van der Waals surface area contributed by atoms with Crippen LogP contribution in [0.5, 0.6) is 0 Å². The fourth-order valence-corrected chi connectivity index (χ4v) is 3.21. The maximum Gasteiger partial charge on any atom is 0.311 e. The van der Waals surface area contributed by atoms with Gasteiger partial charge >= 0.3 is 5.97 Å². The molecule has 0 amide bonds. The van der Waals surface area contributed by atoms with Crippen molar-refractivity contribution in [1.29, 1.82) is 0 Å². The lowest BCUT2D eigenvalue weighted by Gasteiger charge is -2.26. The average Bonchev–Trinajstić information content (AvgIpc) is 2.61. The summed E-state index contributed by atoms with van der Waals surface area (Å²) in [5.41, 5.74) is 3.47. The molecule has 1 atom stereocenters. The van der Waals surface area contributed by atoms with E-state index in [0.29, 0.717) is 6.54 Å². The van der Waals surface area contributed by atoms with E-state index in [4.69, 9.17) is 0 Å². The van der Waals surface area contributed by atoms with Gasteiger partial charge in [0, 0.05) is 19.0 Å². The minimum Gasteiger partial charge on any atom is -0.481 e. The van der Waals surface area contributed by atoms with Crippen molar-refractivity contribution in [3.63, 3.8) is 0 Å². The predicted octanol–water partition coefficient (Wildman–Crippen LogP) is 3.44. The van der Waals surface area contributed by atoms with Gasteiger partial charge in [-0.05, 0) is 17.5 Å². The highest BCUT2D eigenvalue weighted by Crippen LogP contribution is 2.33. The van der Waals surface area contributed by atoms with Gasteiger partial charge in [0.15, 0.2) is 0 Å². The molecule has 3 heteroatoms. The van der Waals surface area contributed by atoms with Crippen molar-refractivity contribution in [3.8, 4) is 0 Å². The number of rotatable bonds is 5. The van der Waals surface area contributed by atoms with E-state index in [9.17, 15) is 9.90 Å². The maximum atomic E-state index is 11.5. The molecular weight excluding hydrogens is 286 g/mol. The molecule has 1 heterocycles. The molecule has 2 aromatic carbocycles. The Morgan fingerprint density at radius 2 is 1.61 bits per heavy atom. The Bertz CT molecular complexity index is 640. The monoisotopic (exact) mass is 307 g/mol. The van der Waals surface area contributed by atoms with Gasteiger partial charge in [-0.1, -0.05) is 72.3 Å². The summed E-state index contributed by atoms with van der Waals surface area (Å²) in [6.07, 6.45) is 2.79. The lowest BCUT2D eigenvalue weighted by atomic mass is 9.81. The molecule has 118 valence electrons. The molecule has 0 aromatic heterocycles. The number of nitrogens with one attached hydrogen (secondary N) is 1. The molecule has 3 rings (SSSR count). The molecule has 0 bridgehead atoms. The van der Waals surface area contributed by atoms with Crippen LogP contribution in [0.4, 0.5) is 0 Å². The first-order valence-corrected chi connectivity index (χ1v) is 7.98. The van der Waals surface area contributed by atoms with Crippen molar-refractivity contribution >= 4 is 5.97 Å². The van der Waals surface area contributed by atoms with Crippen LogP contribution >= 0.6 is 0 Å². The number of carboxylic acids is 1. The Labute approximate surface area is 136 Å². The summed E-state index contributed by atoms with van der Waals surface area (Å²) in [5.74, 6) is -0.995. The van der Waals surface area contributed by atoms with Crippen LogP contribution in [0.3, 0.4) is 0 Å². The second-order valence-corrected chi connectivity index (χ2v) is 5.91. The van der Waals surface area contributed by atoms with Crippen molar-refractivity contribution in [1.82, 2.24) is 5.32 Å². The third-order valence-electron chi connectivity index (χ3n) is 4.45. The van der Waals surface area contributed by atoms with E-state index in [1.807, 2.05) is 42.5 Å². The molecule has 3 nitrogen and oxygen atoms in total. The molecule has 2 aromatic rings. The summed E-state index contributed by atoms with van der Waals surface area (Å²) >= 11 is 0. The van der Waals surface area contributed by atoms with Gasteiger partial charge in [0.2, 0.25) is 0 Å². The average molecular weight is 307 g/mol. The van der Waals surface area contributed by atoms with E-state index in [1.54, 1.807) is 0 Å². The first-order valence-electron chi connectivity index (χ1n) is 7.98. The topological polar surface area (TPSA) is 49.3 Å². The fourth-order valence-electron chi connectivity index (χ4n) is 3.21. The maximum absolute atomic E-state index is 11.5. The first-order chi connectivity index (χ1) is 11.3. The van der Waals surface area contributed by atoms with Crippen LogP contribution < -0.4 is 5.32 Å². The minimum absolute atomic E-state index is 0.184. The number of carboxylic acid groups (broad SMARTS) is 1. The second kappa shape index (κ2) is 7.25. The van der Waals surface area contributed by atoms with Crippen LogP contribution in [-0.4, -0.2) is 24.2 Å².